The molecule has 1 amide bonds. The SMILES string of the molecule is O=C(OCc1ccccc1)[C@@H]1CCCN1C(=O)[C@H]1CO1. The van der Waals surface area contributed by atoms with Crippen LogP contribution in [0.5, 0.6) is 0 Å². The summed E-state index contributed by atoms with van der Waals surface area (Å²) in [7, 11) is 0. The Balaban J connectivity index is 1.57. The van der Waals surface area contributed by atoms with Gasteiger partial charge < -0.3 is 14.4 Å². The Morgan fingerprint density at radius 2 is 2.05 bits per heavy atom. The Morgan fingerprint density at radius 3 is 2.75 bits per heavy atom. The monoisotopic (exact) mass is 275 g/mol. The predicted molar refractivity (Wildman–Crippen MR) is 70.7 cm³/mol. The highest BCUT2D eigenvalue weighted by molar-refractivity contribution is 5.88. The second-order valence-corrected chi connectivity index (χ2v) is 5.10. The number of esters is 1. The molecule has 2 heterocycles. The van der Waals surface area contributed by atoms with Gasteiger partial charge in [-0.15, -0.1) is 0 Å². The van der Waals surface area contributed by atoms with Crippen LogP contribution in [-0.4, -0.2) is 42.1 Å². The van der Waals surface area contributed by atoms with Gasteiger partial charge in [0.15, 0.2) is 6.10 Å². The molecule has 0 bridgehead atoms. The first kappa shape index (κ1) is 13.1. The largest absolute Gasteiger partial charge is 0.459 e. The third-order valence-electron chi connectivity index (χ3n) is 3.64. The summed E-state index contributed by atoms with van der Waals surface area (Å²) < 4.78 is 10.3. The summed E-state index contributed by atoms with van der Waals surface area (Å²) in [5, 5.41) is 0. The van der Waals surface area contributed by atoms with Crippen LogP contribution in [0.25, 0.3) is 0 Å². The molecule has 2 saturated heterocycles. The van der Waals surface area contributed by atoms with E-state index in [1.807, 2.05) is 30.3 Å². The molecule has 5 heteroatoms. The highest BCUT2D eigenvalue weighted by Gasteiger charge is 2.42. The van der Waals surface area contributed by atoms with Crippen molar-refractivity contribution in [2.75, 3.05) is 13.2 Å². The van der Waals surface area contributed by atoms with Gasteiger partial charge in [0.2, 0.25) is 0 Å². The Kier molecular flexibility index (Phi) is 3.69. The van der Waals surface area contributed by atoms with E-state index in [0.29, 0.717) is 19.6 Å². The van der Waals surface area contributed by atoms with Gasteiger partial charge in [0.25, 0.3) is 5.91 Å². The zero-order valence-corrected chi connectivity index (χ0v) is 11.2. The lowest BCUT2D eigenvalue weighted by atomic mass is 10.2. The van der Waals surface area contributed by atoms with E-state index in [0.717, 1.165) is 12.0 Å². The van der Waals surface area contributed by atoms with E-state index in [9.17, 15) is 9.59 Å². The molecule has 0 aromatic heterocycles. The van der Waals surface area contributed by atoms with Crippen LogP contribution in [0.1, 0.15) is 18.4 Å². The van der Waals surface area contributed by atoms with E-state index >= 15 is 0 Å². The fourth-order valence-electron chi connectivity index (χ4n) is 2.48. The number of benzene rings is 1. The topological polar surface area (TPSA) is 59.1 Å². The second kappa shape index (κ2) is 5.63. The maximum absolute atomic E-state index is 12.1. The number of hydrogen-bond donors (Lipinski definition) is 0. The Hall–Kier alpha value is -1.88. The van der Waals surface area contributed by atoms with Gasteiger partial charge in [-0.25, -0.2) is 4.79 Å². The van der Waals surface area contributed by atoms with E-state index in [-0.39, 0.29) is 24.6 Å². The van der Waals surface area contributed by atoms with Gasteiger partial charge in [0.05, 0.1) is 6.61 Å². The molecule has 2 fully saturated rings. The van der Waals surface area contributed by atoms with Crippen molar-refractivity contribution >= 4 is 11.9 Å². The maximum atomic E-state index is 12.1. The molecular formula is C15H17NO4. The van der Waals surface area contributed by atoms with E-state index in [2.05, 4.69) is 0 Å². The molecule has 0 N–H and O–H groups in total. The molecule has 1 aromatic rings. The number of amides is 1. The average molecular weight is 275 g/mol. The third-order valence-corrected chi connectivity index (χ3v) is 3.64. The first-order chi connectivity index (χ1) is 9.75. The van der Waals surface area contributed by atoms with Crippen LogP contribution >= 0.6 is 0 Å². The summed E-state index contributed by atoms with van der Waals surface area (Å²) >= 11 is 0. The summed E-state index contributed by atoms with van der Waals surface area (Å²) in [6.45, 7) is 1.34. The molecule has 3 rings (SSSR count). The zero-order chi connectivity index (χ0) is 13.9. The van der Waals surface area contributed by atoms with Crippen molar-refractivity contribution in [1.82, 2.24) is 4.90 Å². The van der Waals surface area contributed by atoms with Crippen LogP contribution in [0, 0.1) is 0 Å². The number of ether oxygens (including phenoxy) is 2. The highest BCUT2D eigenvalue weighted by atomic mass is 16.6. The number of epoxide rings is 1. The Bertz CT molecular complexity index is 498. The van der Waals surface area contributed by atoms with Crippen molar-refractivity contribution in [1.29, 1.82) is 0 Å². The molecule has 2 aliphatic rings. The first-order valence-corrected chi connectivity index (χ1v) is 6.88. The molecule has 0 aliphatic carbocycles. The minimum absolute atomic E-state index is 0.0795. The smallest absolute Gasteiger partial charge is 0.329 e. The van der Waals surface area contributed by atoms with Crippen LogP contribution in [0.2, 0.25) is 0 Å². The van der Waals surface area contributed by atoms with Crippen molar-refractivity contribution in [3.63, 3.8) is 0 Å². The van der Waals surface area contributed by atoms with E-state index in [1.165, 1.54) is 0 Å². The molecule has 2 atom stereocenters. The predicted octanol–water partition coefficient (Wildman–Crippen LogP) is 1.12. The van der Waals surface area contributed by atoms with Crippen LogP contribution in [-0.2, 0) is 25.7 Å². The van der Waals surface area contributed by atoms with Crippen LogP contribution in [0.3, 0.4) is 0 Å². The van der Waals surface area contributed by atoms with Gasteiger partial charge in [-0.1, -0.05) is 30.3 Å². The van der Waals surface area contributed by atoms with Crippen molar-refractivity contribution in [3.05, 3.63) is 35.9 Å². The number of nitrogens with zero attached hydrogens (tertiary/aromatic N) is 1. The molecule has 0 unspecified atom stereocenters. The van der Waals surface area contributed by atoms with Crippen molar-refractivity contribution < 1.29 is 19.1 Å². The Morgan fingerprint density at radius 1 is 1.30 bits per heavy atom. The molecule has 2 aliphatic heterocycles. The molecule has 5 nitrogen and oxygen atoms in total. The van der Waals surface area contributed by atoms with E-state index < -0.39 is 6.04 Å². The van der Waals surface area contributed by atoms with Gasteiger partial charge in [-0.3, -0.25) is 4.79 Å². The van der Waals surface area contributed by atoms with Gasteiger partial charge in [-0.05, 0) is 18.4 Å². The second-order valence-electron chi connectivity index (χ2n) is 5.10. The quantitative estimate of drug-likeness (QED) is 0.610. The standard InChI is InChI=1S/C15H17NO4/c17-14(13-10-19-13)16-8-4-7-12(16)15(18)20-9-11-5-2-1-3-6-11/h1-3,5-6,12-13H,4,7-10H2/t12-,13+/m0/s1. The summed E-state index contributed by atoms with van der Waals surface area (Å²) in [6.07, 6.45) is 1.17. The molecule has 0 saturated carbocycles. The van der Waals surface area contributed by atoms with Crippen molar-refractivity contribution in [2.24, 2.45) is 0 Å². The zero-order valence-electron chi connectivity index (χ0n) is 11.2. The molecule has 106 valence electrons. The van der Waals surface area contributed by atoms with E-state index in [4.69, 9.17) is 9.47 Å². The molecule has 20 heavy (non-hydrogen) atoms. The van der Waals surface area contributed by atoms with Crippen LogP contribution in [0.15, 0.2) is 30.3 Å². The Labute approximate surface area is 117 Å². The lowest BCUT2D eigenvalue weighted by molar-refractivity contribution is -0.154. The summed E-state index contributed by atoms with van der Waals surface area (Å²) in [5.74, 6) is -0.399. The van der Waals surface area contributed by atoms with Gasteiger partial charge in [0.1, 0.15) is 12.6 Å². The maximum Gasteiger partial charge on any atom is 0.329 e. The molecule has 0 radical (unpaired) electrons. The van der Waals surface area contributed by atoms with Gasteiger partial charge >= 0.3 is 5.97 Å². The number of carbonyl (C=O) groups is 2. The fourth-order valence-corrected chi connectivity index (χ4v) is 2.48. The third kappa shape index (κ3) is 2.82. The highest BCUT2D eigenvalue weighted by Crippen LogP contribution is 2.23. The number of likely N-dealkylation sites (tertiary alicyclic amines) is 1. The first-order valence-electron chi connectivity index (χ1n) is 6.88. The normalized spacial score (nSPS) is 24.5. The fraction of sp³-hybridized carbons (Fsp3) is 0.467. The van der Waals surface area contributed by atoms with Crippen molar-refractivity contribution in [3.8, 4) is 0 Å². The summed E-state index contributed by atoms with van der Waals surface area (Å²) in [6, 6.07) is 9.08. The van der Waals surface area contributed by atoms with Crippen LogP contribution in [0.4, 0.5) is 0 Å². The molecule has 1 aromatic carbocycles. The minimum Gasteiger partial charge on any atom is -0.459 e. The minimum atomic E-state index is -0.449. The van der Waals surface area contributed by atoms with Gasteiger partial charge in [-0.2, -0.15) is 0 Å². The molecule has 0 spiro atoms. The summed E-state index contributed by atoms with van der Waals surface area (Å²) in [5.41, 5.74) is 0.947. The summed E-state index contributed by atoms with van der Waals surface area (Å²) in [4.78, 5) is 25.7. The average Bonchev–Trinajstić information content (AvgIpc) is 3.22. The molecular weight excluding hydrogens is 258 g/mol. The van der Waals surface area contributed by atoms with Crippen molar-refractivity contribution in [2.45, 2.75) is 31.6 Å². The number of hydrogen-bond acceptors (Lipinski definition) is 4. The van der Waals surface area contributed by atoms with Gasteiger partial charge in [0, 0.05) is 6.54 Å². The lowest BCUT2D eigenvalue weighted by Gasteiger charge is -2.22. The number of carbonyl (C=O) groups excluding carboxylic acids is 2. The van der Waals surface area contributed by atoms with E-state index in [1.54, 1.807) is 4.90 Å². The van der Waals surface area contributed by atoms with Crippen LogP contribution < -0.4 is 0 Å². The lowest BCUT2D eigenvalue weighted by Crippen LogP contribution is -2.43. The number of rotatable bonds is 4.